The lowest BCUT2D eigenvalue weighted by atomic mass is 9.87. The van der Waals surface area contributed by atoms with Gasteiger partial charge in [0.15, 0.2) is 0 Å². The molecule has 15 heavy (non-hydrogen) atoms. The molecule has 2 rings (SSSR count). The fraction of sp³-hybridized carbons (Fsp3) is 1.00. The Bertz CT molecular complexity index is 162. The van der Waals surface area contributed by atoms with Gasteiger partial charge in [-0.3, -0.25) is 0 Å². The third-order valence-corrected chi connectivity index (χ3v) is 3.93. The van der Waals surface area contributed by atoms with Gasteiger partial charge in [0.25, 0.3) is 0 Å². The average Bonchev–Trinajstić information content (AvgIpc) is 2.25. The van der Waals surface area contributed by atoms with Gasteiger partial charge < -0.3 is 14.9 Å². The van der Waals surface area contributed by atoms with E-state index in [9.17, 15) is 5.11 Å². The monoisotopic (exact) mass is 212 g/mol. The molecule has 2 aliphatic rings. The van der Waals surface area contributed by atoms with E-state index < -0.39 is 0 Å². The highest BCUT2D eigenvalue weighted by Crippen LogP contribution is 2.25. The highest BCUT2D eigenvalue weighted by molar-refractivity contribution is 4.77. The molecule has 1 aliphatic heterocycles. The second-order valence-corrected chi connectivity index (χ2v) is 5.28. The van der Waals surface area contributed by atoms with Crippen LogP contribution in [0.2, 0.25) is 0 Å². The second kappa shape index (κ2) is 5.28. The molecular weight excluding hydrogens is 188 g/mol. The predicted octanol–water partition coefficient (Wildman–Crippen LogP) is 0.785. The summed E-state index contributed by atoms with van der Waals surface area (Å²) in [6.45, 7) is 6.16. The van der Waals surface area contributed by atoms with Crippen LogP contribution in [0.15, 0.2) is 0 Å². The third-order valence-electron chi connectivity index (χ3n) is 3.93. The van der Waals surface area contributed by atoms with Crippen molar-refractivity contribution in [3.63, 3.8) is 0 Å². The Morgan fingerprint density at radius 1 is 1.00 bits per heavy atom. The van der Waals surface area contributed by atoms with E-state index in [1.54, 1.807) is 0 Å². The van der Waals surface area contributed by atoms with Crippen molar-refractivity contribution >= 4 is 0 Å². The topological polar surface area (TPSA) is 26.7 Å². The minimum absolute atomic E-state index is 0.00580. The molecule has 0 radical (unpaired) electrons. The number of nitrogens with zero attached hydrogens (tertiary/aromatic N) is 2. The van der Waals surface area contributed by atoms with Crippen molar-refractivity contribution in [3.8, 4) is 0 Å². The van der Waals surface area contributed by atoms with Crippen molar-refractivity contribution in [1.82, 2.24) is 9.80 Å². The quantitative estimate of drug-likeness (QED) is 0.733. The minimum atomic E-state index is -0.00580. The number of likely N-dealkylation sites (N-methyl/N-ethyl adjacent to an activating group) is 1. The molecule has 88 valence electrons. The van der Waals surface area contributed by atoms with Crippen LogP contribution in [0.4, 0.5) is 0 Å². The van der Waals surface area contributed by atoms with Gasteiger partial charge in [-0.1, -0.05) is 0 Å². The van der Waals surface area contributed by atoms with Crippen molar-refractivity contribution in [2.24, 2.45) is 5.92 Å². The molecule has 3 heteroatoms. The Morgan fingerprint density at radius 3 is 2.20 bits per heavy atom. The summed E-state index contributed by atoms with van der Waals surface area (Å²) in [6, 6.07) is 0. The molecule has 0 spiro atoms. The molecule has 0 amide bonds. The zero-order chi connectivity index (χ0) is 10.7. The van der Waals surface area contributed by atoms with E-state index in [0.29, 0.717) is 0 Å². The Hall–Kier alpha value is -0.120. The standard InChI is InChI=1S/C12H24N2O/c1-13-6-8-14(9-7-13)10-11-2-4-12(15)5-3-11/h11-12,15H,2-10H2,1H3. The first-order chi connectivity index (χ1) is 7.24. The van der Waals surface area contributed by atoms with Crippen molar-refractivity contribution in [3.05, 3.63) is 0 Å². The molecular formula is C12H24N2O. The van der Waals surface area contributed by atoms with Crippen LogP contribution in [0.1, 0.15) is 25.7 Å². The number of aliphatic hydroxyl groups excluding tert-OH is 1. The van der Waals surface area contributed by atoms with Crippen molar-refractivity contribution < 1.29 is 5.11 Å². The van der Waals surface area contributed by atoms with Crippen LogP contribution in [0.3, 0.4) is 0 Å². The molecule has 1 aliphatic carbocycles. The third kappa shape index (κ3) is 3.44. The van der Waals surface area contributed by atoms with Crippen molar-refractivity contribution in [1.29, 1.82) is 0 Å². The van der Waals surface area contributed by atoms with Gasteiger partial charge in [0, 0.05) is 32.7 Å². The van der Waals surface area contributed by atoms with E-state index in [1.165, 1.54) is 45.6 Å². The molecule has 0 aromatic heterocycles. The Kier molecular flexibility index (Phi) is 4.00. The number of rotatable bonds is 2. The van der Waals surface area contributed by atoms with Gasteiger partial charge in [-0.2, -0.15) is 0 Å². The maximum absolute atomic E-state index is 9.45. The second-order valence-electron chi connectivity index (χ2n) is 5.28. The van der Waals surface area contributed by atoms with E-state index in [1.807, 2.05) is 0 Å². The zero-order valence-electron chi connectivity index (χ0n) is 9.86. The summed E-state index contributed by atoms with van der Waals surface area (Å²) in [6.07, 6.45) is 4.51. The molecule has 0 unspecified atom stereocenters. The van der Waals surface area contributed by atoms with Crippen molar-refractivity contribution in [2.75, 3.05) is 39.8 Å². The smallest absolute Gasteiger partial charge is 0.0540 e. The highest BCUT2D eigenvalue weighted by Gasteiger charge is 2.22. The van der Waals surface area contributed by atoms with Crippen LogP contribution in [0.5, 0.6) is 0 Å². The minimum Gasteiger partial charge on any atom is -0.393 e. The molecule has 1 N–H and O–H groups in total. The summed E-state index contributed by atoms with van der Waals surface area (Å²) in [5, 5.41) is 9.45. The fourth-order valence-electron chi connectivity index (χ4n) is 2.72. The van der Waals surface area contributed by atoms with E-state index in [4.69, 9.17) is 0 Å². The number of piperazine rings is 1. The number of hydrogen-bond acceptors (Lipinski definition) is 3. The van der Waals surface area contributed by atoms with E-state index >= 15 is 0 Å². The van der Waals surface area contributed by atoms with Crippen LogP contribution in [0.25, 0.3) is 0 Å². The lowest BCUT2D eigenvalue weighted by molar-refractivity contribution is 0.0803. The summed E-state index contributed by atoms with van der Waals surface area (Å²) in [5.41, 5.74) is 0. The van der Waals surface area contributed by atoms with Gasteiger partial charge >= 0.3 is 0 Å². The largest absolute Gasteiger partial charge is 0.393 e. The van der Waals surface area contributed by atoms with Crippen LogP contribution in [-0.4, -0.2) is 60.8 Å². The van der Waals surface area contributed by atoms with Gasteiger partial charge in [-0.15, -0.1) is 0 Å². The summed E-state index contributed by atoms with van der Waals surface area (Å²) < 4.78 is 0. The van der Waals surface area contributed by atoms with Crippen LogP contribution in [0, 0.1) is 5.92 Å². The molecule has 0 atom stereocenters. The first-order valence-electron chi connectivity index (χ1n) is 6.33. The maximum Gasteiger partial charge on any atom is 0.0540 e. The van der Waals surface area contributed by atoms with Crippen LogP contribution < -0.4 is 0 Å². The van der Waals surface area contributed by atoms with E-state index in [2.05, 4.69) is 16.8 Å². The molecule has 1 saturated heterocycles. The molecule has 0 bridgehead atoms. The number of aliphatic hydroxyl groups is 1. The Labute approximate surface area is 93.1 Å². The number of hydrogen-bond donors (Lipinski definition) is 1. The summed E-state index contributed by atoms with van der Waals surface area (Å²) in [5.74, 6) is 0.844. The molecule has 1 saturated carbocycles. The van der Waals surface area contributed by atoms with Gasteiger partial charge in [-0.05, 0) is 38.6 Å². The Morgan fingerprint density at radius 2 is 1.60 bits per heavy atom. The summed E-state index contributed by atoms with van der Waals surface area (Å²) >= 11 is 0. The normalized spacial score (nSPS) is 35.6. The van der Waals surface area contributed by atoms with Gasteiger partial charge in [0.05, 0.1) is 6.10 Å². The summed E-state index contributed by atoms with van der Waals surface area (Å²) in [7, 11) is 2.20. The molecule has 2 fully saturated rings. The van der Waals surface area contributed by atoms with Crippen molar-refractivity contribution in [2.45, 2.75) is 31.8 Å². The zero-order valence-corrected chi connectivity index (χ0v) is 9.86. The summed E-state index contributed by atoms with van der Waals surface area (Å²) in [4.78, 5) is 5.00. The van der Waals surface area contributed by atoms with Gasteiger partial charge in [0.2, 0.25) is 0 Å². The molecule has 0 aromatic rings. The van der Waals surface area contributed by atoms with Gasteiger partial charge in [-0.25, -0.2) is 0 Å². The van der Waals surface area contributed by atoms with Gasteiger partial charge in [0.1, 0.15) is 0 Å². The highest BCUT2D eigenvalue weighted by atomic mass is 16.3. The molecule has 0 aromatic carbocycles. The maximum atomic E-state index is 9.45. The fourth-order valence-corrected chi connectivity index (χ4v) is 2.72. The predicted molar refractivity (Wildman–Crippen MR) is 61.9 cm³/mol. The molecule has 1 heterocycles. The van der Waals surface area contributed by atoms with E-state index in [-0.39, 0.29) is 6.10 Å². The lowest BCUT2D eigenvalue weighted by Gasteiger charge is -2.36. The average molecular weight is 212 g/mol. The van der Waals surface area contributed by atoms with E-state index in [0.717, 1.165) is 18.8 Å². The van der Waals surface area contributed by atoms with Crippen LogP contribution >= 0.6 is 0 Å². The lowest BCUT2D eigenvalue weighted by Crippen LogP contribution is -2.46. The van der Waals surface area contributed by atoms with Crippen LogP contribution in [-0.2, 0) is 0 Å². The Balaban J connectivity index is 1.68. The first-order valence-corrected chi connectivity index (χ1v) is 6.33. The SMILES string of the molecule is CN1CCN(CC2CCC(O)CC2)CC1. The molecule has 3 nitrogen and oxygen atoms in total. The first kappa shape index (κ1) is 11.4.